The molecule has 1 aromatic heterocycles. The van der Waals surface area contributed by atoms with E-state index in [2.05, 4.69) is 10.3 Å². The Morgan fingerprint density at radius 3 is 2.73 bits per heavy atom. The van der Waals surface area contributed by atoms with Crippen LogP contribution in [0.1, 0.15) is 23.5 Å². The van der Waals surface area contributed by atoms with Gasteiger partial charge in [0.05, 0.1) is 5.56 Å². The number of aromatic nitrogens is 1. The van der Waals surface area contributed by atoms with Crippen LogP contribution in [0.4, 0.5) is 14.6 Å². The van der Waals surface area contributed by atoms with Crippen molar-refractivity contribution in [1.29, 1.82) is 5.26 Å². The summed E-state index contributed by atoms with van der Waals surface area (Å²) in [5.74, 6) is -2.04. The van der Waals surface area contributed by atoms with Crippen LogP contribution >= 0.6 is 0 Å². The van der Waals surface area contributed by atoms with Crippen LogP contribution < -0.4 is 5.32 Å². The van der Waals surface area contributed by atoms with Gasteiger partial charge in [-0.05, 0) is 42.2 Å². The van der Waals surface area contributed by atoms with Crippen molar-refractivity contribution in [2.45, 2.75) is 12.3 Å². The van der Waals surface area contributed by atoms with Gasteiger partial charge >= 0.3 is 0 Å². The van der Waals surface area contributed by atoms with Crippen molar-refractivity contribution >= 4 is 11.7 Å². The molecule has 110 valence electrons. The number of pyridine rings is 1. The highest BCUT2D eigenvalue weighted by atomic mass is 19.2. The first-order valence-electron chi connectivity index (χ1n) is 6.70. The molecule has 22 heavy (non-hydrogen) atoms. The lowest BCUT2D eigenvalue weighted by molar-refractivity contribution is -0.117. The smallest absolute Gasteiger partial charge is 0.229 e. The summed E-state index contributed by atoms with van der Waals surface area (Å²) in [7, 11) is 0. The first kappa shape index (κ1) is 14.1. The van der Waals surface area contributed by atoms with Crippen LogP contribution in [0.5, 0.6) is 0 Å². The van der Waals surface area contributed by atoms with Crippen LogP contribution in [0.25, 0.3) is 0 Å². The molecule has 1 amide bonds. The summed E-state index contributed by atoms with van der Waals surface area (Å²) in [4.78, 5) is 16.0. The van der Waals surface area contributed by atoms with Gasteiger partial charge in [-0.2, -0.15) is 5.26 Å². The number of carbonyl (C=O) groups excluding carboxylic acids is 1. The van der Waals surface area contributed by atoms with Gasteiger partial charge < -0.3 is 5.32 Å². The van der Waals surface area contributed by atoms with E-state index in [-0.39, 0.29) is 17.7 Å². The third-order valence-corrected chi connectivity index (χ3v) is 3.64. The van der Waals surface area contributed by atoms with Gasteiger partial charge in [-0.3, -0.25) is 4.79 Å². The number of nitriles is 1. The summed E-state index contributed by atoms with van der Waals surface area (Å²) in [6.07, 6.45) is 1.96. The van der Waals surface area contributed by atoms with E-state index in [1.54, 1.807) is 12.1 Å². The zero-order chi connectivity index (χ0) is 15.7. The molecule has 0 radical (unpaired) electrons. The summed E-state index contributed by atoms with van der Waals surface area (Å²) in [6.45, 7) is 0. The number of nitrogens with zero attached hydrogens (tertiary/aromatic N) is 2. The first-order valence-corrected chi connectivity index (χ1v) is 6.70. The van der Waals surface area contributed by atoms with Gasteiger partial charge in [-0.1, -0.05) is 6.07 Å². The van der Waals surface area contributed by atoms with Crippen LogP contribution in [0.2, 0.25) is 0 Å². The summed E-state index contributed by atoms with van der Waals surface area (Å²) in [5.41, 5.74) is 1.02. The van der Waals surface area contributed by atoms with Crippen molar-refractivity contribution in [2.24, 2.45) is 5.92 Å². The Morgan fingerprint density at radius 1 is 1.27 bits per heavy atom. The minimum Gasteiger partial charge on any atom is -0.310 e. The average Bonchev–Trinajstić information content (AvgIpc) is 3.31. The van der Waals surface area contributed by atoms with Crippen molar-refractivity contribution in [3.63, 3.8) is 0 Å². The molecule has 1 aliphatic rings. The Hall–Kier alpha value is -2.81. The molecule has 0 saturated heterocycles. The molecule has 1 N–H and O–H groups in total. The van der Waals surface area contributed by atoms with E-state index < -0.39 is 11.6 Å². The molecule has 2 aromatic rings. The Labute approximate surface area is 125 Å². The summed E-state index contributed by atoms with van der Waals surface area (Å²) < 4.78 is 26.1. The van der Waals surface area contributed by atoms with E-state index in [9.17, 15) is 13.6 Å². The molecule has 2 atom stereocenters. The van der Waals surface area contributed by atoms with Crippen LogP contribution in [-0.2, 0) is 4.79 Å². The molecule has 1 aliphatic carbocycles. The standard InChI is InChI=1S/C16H11F2N3O/c17-13-3-2-10(5-14(13)18)11-6-12(11)16(22)21-15-4-1-9(7-19)8-20-15/h1-5,8,11-12H,6H2,(H,20,21,22)/t11-,12-/m1/s1. The Kier molecular flexibility index (Phi) is 3.55. The molecule has 0 aliphatic heterocycles. The number of nitrogens with one attached hydrogen (secondary N) is 1. The number of hydrogen-bond acceptors (Lipinski definition) is 3. The minimum atomic E-state index is -0.905. The molecule has 3 rings (SSSR count). The monoisotopic (exact) mass is 299 g/mol. The molecule has 0 spiro atoms. The Morgan fingerprint density at radius 2 is 2.09 bits per heavy atom. The maximum Gasteiger partial charge on any atom is 0.229 e. The molecule has 1 fully saturated rings. The van der Waals surface area contributed by atoms with Crippen molar-refractivity contribution in [2.75, 3.05) is 5.32 Å². The summed E-state index contributed by atoms with van der Waals surface area (Å²) in [5, 5.41) is 11.3. The zero-order valence-corrected chi connectivity index (χ0v) is 11.4. The number of amides is 1. The maximum atomic E-state index is 13.2. The highest BCUT2D eigenvalue weighted by Gasteiger charge is 2.44. The molecule has 1 heterocycles. The largest absolute Gasteiger partial charge is 0.310 e. The van der Waals surface area contributed by atoms with E-state index in [0.717, 1.165) is 12.1 Å². The third kappa shape index (κ3) is 2.79. The van der Waals surface area contributed by atoms with E-state index in [1.807, 2.05) is 6.07 Å². The highest BCUT2D eigenvalue weighted by Crippen LogP contribution is 2.48. The number of hydrogen-bond donors (Lipinski definition) is 1. The van der Waals surface area contributed by atoms with Crippen molar-refractivity contribution in [3.8, 4) is 6.07 Å². The molecule has 0 unspecified atom stereocenters. The van der Waals surface area contributed by atoms with Gasteiger partial charge in [-0.25, -0.2) is 13.8 Å². The van der Waals surface area contributed by atoms with Gasteiger partial charge in [0.2, 0.25) is 5.91 Å². The van der Waals surface area contributed by atoms with Crippen molar-refractivity contribution in [3.05, 3.63) is 59.3 Å². The second kappa shape index (κ2) is 5.53. The number of halogens is 2. The SMILES string of the molecule is N#Cc1ccc(NC(=O)[C@@H]2C[C@@H]2c2ccc(F)c(F)c2)nc1. The number of benzene rings is 1. The molecule has 1 aromatic carbocycles. The van der Waals surface area contributed by atoms with Crippen molar-refractivity contribution < 1.29 is 13.6 Å². The normalized spacial score (nSPS) is 19.3. The second-order valence-corrected chi connectivity index (χ2v) is 5.16. The summed E-state index contributed by atoms with van der Waals surface area (Å²) in [6, 6.07) is 8.74. The lowest BCUT2D eigenvalue weighted by Gasteiger charge is -2.04. The number of rotatable bonds is 3. The van der Waals surface area contributed by atoms with Gasteiger partial charge in [0.1, 0.15) is 11.9 Å². The zero-order valence-electron chi connectivity index (χ0n) is 11.4. The van der Waals surface area contributed by atoms with Gasteiger partial charge in [0, 0.05) is 12.1 Å². The maximum absolute atomic E-state index is 13.2. The fraction of sp³-hybridized carbons (Fsp3) is 0.188. The fourth-order valence-electron chi connectivity index (χ4n) is 2.35. The molecule has 4 nitrogen and oxygen atoms in total. The lowest BCUT2D eigenvalue weighted by Crippen LogP contribution is -2.15. The van der Waals surface area contributed by atoms with Crippen LogP contribution in [0.15, 0.2) is 36.5 Å². The lowest BCUT2D eigenvalue weighted by atomic mass is 10.1. The highest BCUT2D eigenvalue weighted by molar-refractivity contribution is 5.94. The quantitative estimate of drug-likeness (QED) is 0.947. The first-order chi connectivity index (χ1) is 10.6. The van der Waals surface area contributed by atoms with Gasteiger partial charge in [0.15, 0.2) is 11.6 Å². The Balaban J connectivity index is 1.64. The molecule has 0 bridgehead atoms. The predicted molar refractivity (Wildman–Crippen MR) is 74.8 cm³/mol. The van der Waals surface area contributed by atoms with Crippen molar-refractivity contribution in [1.82, 2.24) is 4.98 Å². The van der Waals surface area contributed by atoms with E-state index in [4.69, 9.17) is 5.26 Å². The Bertz CT molecular complexity index is 768. The van der Waals surface area contributed by atoms with Gasteiger partial charge in [-0.15, -0.1) is 0 Å². The van der Waals surface area contributed by atoms with Crippen LogP contribution in [0.3, 0.4) is 0 Å². The molecular formula is C16H11F2N3O. The summed E-state index contributed by atoms with van der Waals surface area (Å²) >= 11 is 0. The van der Waals surface area contributed by atoms with Gasteiger partial charge in [0.25, 0.3) is 0 Å². The van der Waals surface area contributed by atoms with Crippen LogP contribution in [0, 0.1) is 28.9 Å². The number of carbonyl (C=O) groups is 1. The molecule has 6 heteroatoms. The fourth-order valence-corrected chi connectivity index (χ4v) is 2.35. The second-order valence-electron chi connectivity index (χ2n) is 5.16. The number of anilines is 1. The molecular weight excluding hydrogens is 288 g/mol. The average molecular weight is 299 g/mol. The minimum absolute atomic E-state index is 0.103. The van der Waals surface area contributed by atoms with E-state index in [0.29, 0.717) is 23.4 Å². The van der Waals surface area contributed by atoms with E-state index in [1.165, 1.54) is 12.3 Å². The van der Waals surface area contributed by atoms with E-state index >= 15 is 0 Å². The predicted octanol–water partition coefficient (Wildman–Crippen LogP) is 2.97. The third-order valence-electron chi connectivity index (χ3n) is 3.64. The molecule has 1 saturated carbocycles. The topological polar surface area (TPSA) is 65.8 Å². The van der Waals surface area contributed by atoms with Crippen LogP contribution in [-0.4, -0.2) is 10.9 Å².